The lowest BCUT2D eigenvalue weighted by Crippen LogP contribution is -2.20. The summed E-state index contributed by atoms with van der Waals surface area (Å²) in [6.45, 7) is -1.33. The van der Waals surface area contributed by atoms with Gasteiger partial charge >= 0.3 is 12.1 Å². The fourth-order valence-corrected chi connectivity index (χ4v) is 3.51. The summed E-state index contributed by atoms with van der Waals surface area (Å²) >= 11 is 0. The summed E-state index contributed by atoms with van der Waals surface area (Å²) in [7, 11) is 0.174. The molecule has 4 nitrogen and oxygen atoms in total. The molecule has 1 aliphatic rings. The Morgan fingerprint density at radius 3 is 2.50 bits per heavy atom. The number of esters is 1. The van der Waals surface area contributed by atoms with E-state index in [4.69, 9.17) is 0 Å². The van der Waals surface area contributed by atoms with Gasteiger partial charge in [0.1, 0.15) is 6.61 Å². The van der Waals surface area contributed by atoms with Gasteiger partial charge in [-0.25, -0.2) is 0 Å². The van der Waals surface area contributed by atoms with Crippen LogP contribution in [0.5, 0.6) is 0 Å². The smallest absolute Gasteiger partial charge is 0.411 e. The molecule has 1 rings (SSSR count). The van der Waals surface area contributed by atoms with E-state index >= 15 is 0 Å². The van der Waals surface area contributed by atoms with Crippen molar-refractivity contribution in [1.82, 2.24) is 0 Å². The third-order valence-electron chi connectivity index (χ3n) is 3.10. The highest BCUT2D eigenvalue weighted by Gasteiger charge is 2.45. The monoisotopic (exact) mass is 316 g/mol. The van der Waals surface area contributed by atoms with Crippen molar-refractivity contribution in [2.24, 2.45) is 5.41 Å². The van der Waals surface area contributed by atoms with E-state index in [-0.39, 0.29) is 24.4 Å². The summed E-state index contributed by atoms with van der Waals surface area (Å²) in [5.74, 6) is 0.385. The minimum Gasteiger partial charge on any atom is -0.469 e. The number of alkyl halides is 3. The highest BCUT2D eigenvalue weighted by atomic mass is 32.2. The van der Waals surface area contributed by atoms with Crippen LogP contribution < -0.4 is 0 Å². The molecular weight excluding hydrogens is 297 g/mol. The van der Waals surface area contributed by atoms with Crippen LogP contribution in [0.2, 0.25) is 0 Å². The molecule has 0 bridgehead atoms. The molecule has 0 N–H and O–H groups in total. The summed E-state index contributed by atoms with van der Waals surface area (Å²) in [5, 5.41) is 0. The average molecular weight is 316 g/mol. The molecule has 0 saturated heterocycles. The zero-order chi connectivity index (χ0) is 15.2. The number of carbonyl (C=O) groups is 1. The number of ether oxygens (including phenoxy) is 2. The molecule has 1 saturated carbocycles. The van der Waals surface area contributed by atoms with Crippen molar-refractivity contribution in [2.75, 3.05) is 31.8 Å². The number of carbonyl (C=O) groups excluding carboxylic acids is 1. The summed E-state index contributed by atoms with van der Waals surface area (Å²) in [5.41, 5.74) is -0.217. The maximum Gasteiger partial charge on any atom is 0.411 e. The van der Waals surface area contributed by atoms with E-state index in [1.54, 1.807) is 0 Å². The summed E-state index contributed by atoms with van der Waals surface area (Å²) in [6.07, 6.45) is -2.05. The summed E-state index contributed by atoms with van der Waals surface area (Å²) in [6, 6.07) is 0. The van der Waals surface area contributed by atoms with Crippen molar-refractivity contribution in [1.29, 1.82) is 0 Å². The Hall–Kier alpha value is -0.630. The van der Waals surface area contributed by atoms with Crippen molar-refractivity contribution in [3.8, 4) is 0 Å². The van der Waals surface area contributed by atoms with Crippen molar-refractivity contribution in [3.05, 3.63) is 0 Å². The molecule has 0 spiro atoms. The first-order valence-corrected chi connectivity index (χ1v) is 7.81. The molecular formula is C12H19F3O4S. The first kappa shape index (κ1) is 17.4. The van der Waals surface area contributed by atoms with E-state index < -0.39 is 23.6 Å². The van der Waals surface area contributed by atoms with E-state index in [9.17, 15) is 22.2 Å². The van der Waals surface area contributed by atoms with E-state index in [0.29, 0.717) is 17.9 Å². The van der Waals surface area contributed by atoms with Gasteiger partial charge < -0.3 is 9.47 Å². The topological polar surface area (TPSA) is 52.6 Å². The second-order valence-corrected chi connectivity index (χ2v) is 6.64. The Bertz CT molecular complexity index is 353. The molecule has 1 atom stereocenters. The summed E-state index contributed by atoms with van der Waals surface area (Å²) < 4.78 is 56.2. The fraction of sp³-hybridized carbons (Fsp3) is 0.917. The lowest BCUT2D eigenvalue weighted by molar-refractivity contribution is -0.173. The van der Waals surface area contributed by atoms with Gasteiger partial charge in [-0.15, -0.1) is 0 Å². The van der Waals surface area contributed by atoms with E-state index in [0.717, 1.165) is 12.8 Å². The molecule has 118 valence electrons. The van der Waals surface area contributed by atoms with Crippen LogP contribution in [0.3, 0.4) is 0 Å². The molecule has 8 heteroatoms. The Morgan fingerprint density at radius 1 is 1.35 bits per heavy atom. The first-order valence-electron chi connectivity index (χ1n) is 6.33. The zero-order valence-electron chi connectivity index (χ0n) is 11.3. The predicted octanol–water partition coefficient (Wildman–Crippen LogP) is 2.05. The van der Waals surface area contributed by atoms with E-state index in [1.165, 1.54) is 7.11 Å². The molecule has 1 fully saturated rings. The van der Waals surface area contributed by atoms with E-state index in [2.05, 4.69) is 9.47 Å². The van der Waals surface area contributed by atoms with Crippen LogP contribution in [-0.2, 0) is 25.1 Å². The summed E-state index contributed by atoms with van der Waals surface area (Å²) in [4.78, 5) is 11.2. The molecule has 0 aromatic heterocycles. The number of methoxy groups -OCH3 is 1. The van der Waals surface area contributed by atoms with Crippen LogP contribution in [0.1, 0.15) is 25.7 Å². The second kappa shape index (κ2) is 7.40. The SMILES string of the molecule is COC(=O)CC1(CS(=O)CCCOCC(F)(F)F)CC1. The van der Waals surface area contributed by atoms with E-state index in [1.807, 2.05) is 0 Å². The average Bonchev–Trinajstić information content (AvgIpc) is 3.06. The lowest BCUT2D eigenvalue weighted by atomic mass is 10.1. The largest absolute Gasteiger partial charge is 0.469 e. The van der Waals surface area contributed by atoms with Crippen LogP contribution >= 0.6 is 0 Å². The number of hydrogen-bond donors (Lipinski definition) is 0. The molecule has 0 heterocycles. The van der Waals surface area contributed by atoms with Crippen LogP contribution in [0, 0.1) is 5.41 Å². The van der Waals surface area contributed by atoms with Crippen LogP contribution in [-0.4, -0.2) is 48.2 Å². The zero-order valence-corrected chi connectivity index (χ0v) is 12.1. The van der Waals surface area contributed by atoms with Crippen molar-refractivity contribution in [3.63, 3.8) is 0 Å². The molecule has 0 aromatic carbocycles. The number of hydrogen-bond acceptors (Lipinski definition) is 4. The maximum absolute atomic E-state index is 11.8. The van der Waals surface area contributed by atoms with Crippen molar-refractivity contribution in [2.45, 2.75) is 31.9 Å². The van der Waals surface area contributed by atoms with Gasteiger partial charge in [-0.1, -0.05) is 0 Å². The molecule has 20 heavy (non-hydrogen) atoms. The van der Waals surface area contributed by atoms with Gasteiger partial charge in [0.25, 0.3) is 0 Å². The standard InChI is InChI=1S/C12H19F3O4S/c1-18-10(16)7-11(3-4-11)9-20(17)6-2-5-19-8-12(13,14)15/h2-9H2,1H3. The van der Waals surface area contributed by atoms with Crippen molar-refractivity contribution < 1.29 is 31.6 Å². The Balaban J connectivity index is 2.13. The Morgan fingerprint density at radius 2 is 2.00 bits per heavy atom. The first-order chi connectivity index (χ1) is 9.26. The Labute approximate surface area is 118 Å². The fourth-order valence-electron chi connectivity index (χ4n) is 1.85. The van der Waals surface area contributed by atoms with Gasteiger partial charge in [0.15, 0.2) is 0 Å². The number of rotatable bonds is 9. The normalized spacial score (nSPS) is 18.6. The van der Waals surface area contributed by atoms with Crippen LogP contribution in [0.25, 0.3) is 0 Å². The van der Waals surface area contributed by atoms with Gasteiger partial charge in [-0.05, 0) is 24.7 Å². The van der Waals surface area contributed by atoms with Crippen LogP contribution in [0.15, 0.2) is 0 Å². The Kier molecular flexibility index (Phi) is 6.44. The molecule has 0 aromatic rings. The molecule has 0 amide bonds. The van der Waals surface area contributed by atoms with Crippen LogP contribution in [0.4, 0.5) is 13.2 Å². The maximum atomic E-state index is 11.8. The lowest BCUT2D eigenvalue weighted by Gasteiger charge is -2.13. The van der Waals surface area contributed by atoms with Gasteiger partial charge in [0.2, 0.25) is 0 Å². The predicted molar refractivity (Wildman–Crippen MR) is 67.7 cm³/mol. The minimum atomic E-state index is -4.32. The molecule has 1 aliphatic carbocycles. The van der Waals surface area contributed by atoms with Crippen molar-refractivity contribution >= 4 is 16.8 Å². The van der Waals surface area contributed by atoms with Gasteiger partial charge in [-0.3, -0.25) is 9.00 Å². The number of halogens is 3. The van der Waals surface area contributed by atoms with Gasteiger partial charge in [-0.2, -0.15) is 13.2 Å². The highest BCUT2D eigenvalue weighted by Crippen LogP contribution is 2.49. The third kappa shape index (κ3) is 7.23. The molecule has 0 aliphatic heterocycles. The second-order valence-electron chi connectivity index (χ2n) is 5.06. The quantitative estimate of drug-likeness (QED) is 0.482. The highest BCUT2D eigenvalue weighted by molar-refractivity contribution is 7.85. The molecule has 0 radical (unpaired) electrons. The van der Waals surface area contributed by atoms with Gasteiger partial charge in [0, 0.05) is 28.9 Å². The third-order valence-corrected chi connectivity index (χ3v) is 4.78. The molecule has 1 unspecified atom stereocenters. The minimum absolute atomic E-state index is 0.0603. The van der Waals surface area contributed by atoms with Gasteiger partial charge in [0.05, 0.1) is 13.5 Å².